The lowest BCUT2D eigenvalue weighted by molar-refractivity contribution is 0.380. The van der Waals surface area contributed by atoms with E-state index < -0.39 is 0 Å². The predicted molar refractivity (Wildman–Crippen MR) is 95.0 cm³/mol. The van der Waals surface area contributed by atoms with Gasteiger partial charge in [-0.3, -0.25) is 0 Å². The van der Waals surface area contributed by atoms with Crippen LogP contribution in [0.1, 0.15) is 25.7 Å². The number of nitrogens with one attached hydrogen (secondary N) is 2. The third-order valence-electron chi connectivity index (χ3n) is 4.76. The van der Waals surface area contributed by atoms with Gasteiger partial charge in [0.1, 0.15) is 0 Å². The van der Waals surface area contributed by atoms with Crippen LogP contribution < -0.4 is 15.5 Å². The van der Waals surface area contributed by atoms with Gasteiger partial charge in [-0.15, -0.1) is 0 Å². The summed E-state index contributed by atoms with van der Waals surface area (Å²) < 4.78 is 0. The van der Waals surface area contributed by atoms with E-state index in [2.05, 4.69) is 22.6 Å². The van der Waals surface area contributed by atoms with Crippen molar-refractivity contribution in [1.82, 2.24) is 15.3 Å². The Morgan fingerprint density at radius 3 is 2.65 bits per heavy atom. The fourth-order valence-corrected chi connectivity index (χ4v) is 3.33. The van der Waals surface area contributed by atoms with E-state index in [1.165, 1.54) is 25.7 Å². The van der Waals surface area contributed by atoms with Gasteiger partial charge in [0, 0.05) is 19.6 Å². The Balaban J connectivity index is 1.62. The van der Waals surface area contributed by atoms with E-state index >= 15 is 0 Å². The maximum atomic E-state index is 4.90. The smallest absolute Gasteiger partial charge is 0.172 e. The molecule has 0 amide bonds. The molecule has 1 aliphatic carbocycles. The summed E-state index contributed by atoms with van der Waals surface area (Å²) in [6.45, 7) is 3.29. The number of aromatic nitrogens is 2. The molecular weight excluding hydrogens is 286 g/mol. The monoisotopic (exact) mass is 311 g/mol. The van der Waals surface area contributed by atoms with Crippen molar-refractivity contribution in [2.45, 2.75) is 31.7 Å². The Morgan fingerprint density at radius 1 is 1.17 bits per heavy atom. The molecule has 2 fully saturated rings. The molecule has 5 nitrogen and oxygen atoms in total. The molecule has 0 bridgehead atoms. The molecule has 2 heterocycles. The molecule has 2 N–H and O–H groups in total. The van der Waals surface area contributed by atoms with Crippen molar-refractivity contribution in [3.63, 3.8) is 0 Å². The van der Waals surface area contributed by atoms with Gasteiger partial charge >= 0.3 is 0 Å². The molecule has 1 saturated carbocycles. The summed E-state index contributed by atoms with van der Waals surface area (Å²) in [4.78, 5) is 12.0. The van der Waals surface area contributed by atoms with E-state index in [-0.39, 0.29) is 0 Å². The first kappa shape index (κ1) is 14.7. The van der Waals surface area contributed by atoms with Crippen molar-refractivity contribution in [3.05, 3.63) is 24.3 Å². The number of piperidine rings is 1. The van der Waals surface area contributed by atoms with Crippen LogP contribution >= 0.6 is 0 Å². The lowest BCUT2D eigenvalue weighted by atomic mass is 9.99. The van der Waals surface area contributed by atoms with Gasteiger partial charge in [0.2, 0.25) is 0 Å². The first-order valence-corrected chi connectivity index (χ1v) is 8.75. The second-order valence-corrected chi connectivity index (χ2v) is 6.90. The number of nitrogens with zero attached hydrogens (tertiary/aromatic N) is 3. The molecule has 1 aromatic carbocycles. The van der Waals surface area contributed by atoms with Crippen molar-refractivity contribution in [2.75, 3.05) is 36.9 Å². The summed E-state index contributed by atoms with van der Waals surface area (Å²) >= 11 is 0. The van der Waals surface area contributed by atoms with Crippen molar-refractivity contribution in [2.24, 2.45) is 5.92 Å². The Labute approximate surface area is 137 Å². The van der Waals surface area contributed by atoms with E-state index in [0.29, 0.717) is 12.0 Å². The molecule has 0 radical (unpaired) electrons. The minimum Gasteiger partial charge on any atom is -0.364 e. The fraction of sp³-hybridized carbons (Fsp3) is 0.556. The van der Waals surface area contributed by atoms with Crippen molar-refractivity contribution in [3.8, 4) is 0 Å². The van der Waals surface area contributed by atoms with Crippen LogP contribution in [-0.4, -0.2) is 42.7 Å². The topological polar surface area (TPSA) is 53.1 Å². The van der Waals surface area contributed by atoms with Gasteiger partial charge in [-0.1, -0.05) is 12.1 Å². The molecule has 1 saturated heterocycles. The van der Waals surface area contributed by atoms with Gasteiger partial charge in [0.05, 0.1) is 11.0 Å². The average molecular weight is 311 g/mol. The summed E-state index contributed by atoms with van der Waals surface area (Å²) in [5.41, 5.74) is 1.93. The van der Waals surface area contributed by atoms with Gasteiger partial charge in [-0.2, -0.15) is 0 Å². The van der Waals surface area contributed by atoms with E-state index in [1.54, 1.807) is 0 Å². The lowest BCUT2D eigenvalue weighted by Gasteiger charge is -2.29. The van der Waals surface area contributed by atoms with Crippen LogP contribution in [0.5, 0.6) is 0 Å². The van der Waals surface area contributed by atoms with Crippen LogP contribution in [0.4, 0.5) is 11.6 Å². The van der Waals surface area contributed by atoms with Gasteiger partial charge in [0.15, 0.2) is 11.6 Å². The predicted octanol–water partition coefficient (Wildman–Crippen LogP) is 2.64. The molecule has 2 aromatic rings. The van der Waals surface area contributed by atoms with Crippen LogP contribution in [0.2, 0.25) is 0 Å². The molecular formula is C18H25N5. The maximum absolute atomic E-state index is 4.90. The summed E-state index contributed by atoms with van der Waals surface area (Å²) in [6.07, 6.45) is 5.05. The van der Waals surface area contributed by atoms with Crippen molar-refractivity contribution < 1.29 is 0 Å². The summed E-state index contributed by atoms with van der Waals surface area (Å²) in [7, 11) is 2.14. The zero-order valence-electron chi connectivity index (χ0n) is 13.8. The number of hydrogen-bond acceptors (Lipinski definition) is 5. The SMILES string of the molecule is CN(C[C@H]1CCCNC1)c1nc2ccccc2nc1NC1CC1. The molecule has 1 atom stereocenters. The second-order valence-electron chi connectivity index (χ2n) is 6.90. The quantitative estimate of drug-likeness (QED) is 0.889. The minimum atomic E-state index is 0.578. The van der Waals surface area contributed by atoms with Gasteiger partial charge in [-0.25, -0.2) is 9.97 Å². The number of hydrogen-bond donors (Lipinski definition) is 2. The van der Waals surface area contributed by atoms with Crippen LogP contribution in [0, 0.1) is 5.92 Å². The van der Waals surface area contributed by atoms with Gasteiger partial charge < -0.3 is 15.5 Å². The fourth-order valence-electron chi connectivity index (χ4n) is 3.33. The van der Waals surface area contributed by atoms with Gasteiger partial charge in [-0.05, 0) is 56.8 Å². The molecule has 1 aromatic heterocycles. The Hall–Kier alpha value is -1.88. The Bertz CT molecular complexity index is 676. The van der Waals surface area contributed by atoms with Crippen molar-refractivity contribution in [1.29, 1.82) is 0 Å². The number of para-hydroxylation sites is 2. The normalized spacial score (nSPS) is 21.3. The molecule has 0 spiro atoms. The number of fused-ring (bicyclic) bond motifs is 1. The van der Waals surface area contributed by atoms with Crippen LogP contribution in [0.3, 0.4) is 0 Å². The highest BCUT2D eigenvalue weighted by molar-refractivity contribution is 5.80. The van der Waals surface area contributed by atoms with Crippen LogP contribution in [0.15, 0.2) is 24.3 Å². The van der Waals surface area contributed by atoms with Crippen LogP contribution in [-0.2, 0) is 0 Å². The van der Waals surface area contributed by atoms with Crippen LogP contribution in [0.25, 0.3) is 11.0 Å². The first-order valence-electron chi connectivity index (χ1n) is 8.75. The third-order valence-corrected chi connectivity index (χ3v) is 4.76. The summed E-state index contributed by atoms with van der Waals surface area (Å²) in [5, 5.41) is 7.06. The number of benzene rings is 1. The first-order chi connectivity index (χ1) is 11.3. The maximum Gasteiger partial charge on any atom is 0.172 e. The molecule has 2 aliphatic rings. The summed E-state index contributed by atoms with van der Waals surface area (Å²) in [5.74, 6) is 2.62. The highest BCUT2D eigenvalue weighted by Crippen LogP contribution is 2.30. The van der Waals surface area contributed by atoms with Gasteiger partial charge in [0.25, 0.3) is 0 Å². The lowest BCUT2D eigenvalue weighted by Crippen LogP contribution is -2.37. The average Bonchev–Trinajstić information content (AvgIpc) is 3.39. The Kier molecular flexibility index (Phi) is 4.04. The molecule has 4 rings (SSSR count). The summed E-state index contributed by atoms with van der Waals surface area (Å²) in [6, 6.07) is 8.71. The minimum absolute atomic E-state index is 0.578. The van der Waals surface area contributed by atoms with E-state index in [4.69, 9.17) is 9.97 Å². The standard InChI is InChI=1S/C18H25N5/c1-23(12-13-5-4-10-19-11-13)18-17(20-14-8-9-14)21-15-6-2-3-7-16(15)22-18/h2-3,6-7,13-14,19H,4-5,8-12H2,1H3,(H,20,21)/t13-/m0/s1. The van der Waals surface area contributed by atoms with Crippen molar-refractivity contribution >= 4 is 22.7 Å². The highest BCUT2D eigenvalue weighted by Gasteiger charge is 2.25. The Morgan fingerprint density at radius 2 is 1.96 bits per heavy atom. The molecule has 122 valence electrons. The highest BCUT2D eigenvalue weighted by atomic mass is 15.2. The molecule has 0 unspecified atom stereocenters. The number of rotatable bonds is 5. The second kappa shape index (κ2) is 6.32. The molecule has 1 aliphatic heterocycles. The van der Waals surface area contributed by atoms with E-state index in [9.17, 15) is 0 Å². The van der Waals surface area contributed by atoms with E-state index in [0.717, 1.165) is 42.3 Å². The van der Waals surface area contributed by atoms with E-state index in [1.807, 2.05) is 24.3 Å². The molecule has 23 heavy (non-hydrogen) atoms. The number of anilines is 2. The molecule has 5 heteroatoms. The third kappa shape index (κ3) is 3.39. The zero-order chi connectivity index (χ0) is 15.6. The zero-order valence-corrected chi connectivity index (χ0v) is 13.8. The largest absolute Gasteiger partial charge is 0.364 e.